The second-order valence-electron chi connectivity index (χ2n) is 6.48. The Morgan fingerprint density at radius 3 is 1.76 bits per heavy atom. The van der Waals surface area contributed by atoms with E-state index in [2.05, 4.69) is 72.8 Å². The Balaban J connectivity index is 0.000000170. The van der Waals surface area contributed by atoms with E-state index in [1.165, 1.54) is 47.0 Å². The van der Waals surface area contributed by atoms with E-state index in [9.17, 15) is 9.59 Å². The number of rotatable bonds is 3. The smallest absolute Gasteiger partial charge is 0.335 e. The van der Waals surface area contributed by atoms with Gasteiger partial charge in [-0.2, -0.15) is 0 Å². The number of aromatic carboxylic acids is 2. The summed E-state index contributed by atoms with van der Waals surface area (Å²) in [4.78, 5) is 21.2. The molecular weight excluding hydrogens is 364 g/mol. The minimum absolute atomic E-state index is 0.0277. The Bertz CT molecular complexity index is 1130. The third-order valence-corrected chi connectivity index (χ3v) is 4.67. The number of fused-ring (bicyclic) bond motifs is 1. The molecule has 2 N–H and O–H groups in total. The lowest BCUT2D eigenvalue weighted by molar-refractivity contribution is 0.0696. The van der Waals surface area contributed by atoms with E-state index in [1.807, 2.05) is 0 Å². The van der Waals surface area contributed by atoms with Crippen LogP contribution in [0.25, 0.3) is 21.9 Å². The van der Waals surface area contributed by atoms with Gasteiger partial charge in [0.05, 0.1) is 11.1 Å². The van der Waals surface area contributed by atoms with Crippen molar-refractivity contribution in [2.45, 2.75) is 6.92 Å². The molecule has 0 amide bonds. The summed E-state index contributed by atoms with van der Waals surface area (Å²) in [6.45, 7) is 1.48. The zero-order chi connectivity index (χ0) is 20.8. The topological polar surface area (TPSA) is 74.6 Å². The molecule has 0 aromatic heterocycles. The summed E-state index contributed by atoms with van der Waals surface area (Å²) in [6.07, 6.45) is 0. The second-order valence-corrected chi connectivity index (χ2v) is 6.48. The summed E-state index contributed by atoms with van der Waals surface area (Å²) in [5, 5.41) is 20.0. The van der Waals surface area contributed by atoms with E-state index in [0.717, 1.165) is 0 Å². The van der Waals surface area contributed by atoms with Crippen molar-refractivity contribution in [3.63, 3.8) is 0 Å². The van der Waals surface area contributed by atoms with Crippen LogP contribution >= 0.6 is 0 Å². The van der Waals surface area contributed by atoms with Crippen molar-refractivity contribution in [3.8, 4) is 11.1 Å². The Hall–Kier alpha value is -3.92. The van der Waals surface area contributed by atoms with Crippen LogP contribution in [0, 0.1) is 6.92 Å². The summed E-state index contributed by atoms with van der Waals surface area (Å²) in [7, 11) is 0. The van der Waals surface area contributed by atoms with Gasteiger partial charge in [0.1, 0.15) is 0 Å². The molecule has 4 aromatic rings. The van der Waals surface area contributed by atoms with Gasteiger partial charge in [-0.05, 0) is 46.5 Å². The first-order valence-electron chi connectivity index (χ1n) is 9.08. The maximum atomic E-state index is 10.6. The van der Waals surface area contributed by atoms with E-state index in [4.69, 9.17) is 10.2 Å². The highest BCUT2D eigenvalue weighted by Crippen LogP contribution is 2.27. The monoisotopic (exact) mass is 384 g/mol. The first-order valence-corrected chi connectivity index (χ1v) is 9.08. The molecule has 0 bridgehead atoms. The first-order chi connectivity index (χ1) is 14.0. The van der Waals surface area contributed by atoms with E-state index >= 15 is 0 Å². The van der Waals surface area contributed by atoms with Gasteiger partial charge in [-0.1, -0.05) is 78.9 Å². The zero-order valence-corrected chi connectivity index (χ0v) is 15.9. The molecule has 4 aromatic carbocycles. The van der Waals surface area contributed by atoms with Crippen LogP contribution in [0.15, 0.2) is 91.0 Å². The predicted octanol–water partition coefficient (Wildman–Crippen LogP) is 5.90. The molecule has 4 rings (SSSR count). The summed E-state index contributed by atoms with van der Waals surface area (Å²) < 4.78 is 0. The molecule has 4 heteroatoms. The van der Waals surface area contributed by atoms with Crippen molar-refractivity contribution in [1.82, 2.24) is 0 Å². The summed E-state index contributed by atoms with van der Waals surface area (Å²) in [5.41, 5.74) is 2.92. The number of carbonyl (C=O) groups is 2. The molecule has 0 radical (unpaired) electrons. The summed E-state index contributed by atoms with van der Waals surface area (Å²) in [5.74, 6) is -2.22. The summed E-state index contributed by atoms with van der Waals surface area (Å²) >= 11 is 0. The fraction of sp³-hybridized carbons (Fsp3) is 0.0400. The molecule has 29 heavy (non-hydrogen) atoms. The first kappa shape index (κ1) is 19.8. The van der Waals surface area contributed by atoms with Crippen molar-refractivity contribution in [2.24, 2.45) is 0 Å². The highest BCUT2D eigenvalue weighted by Gasteiger charge is 2.13. The zero-order valence-electron chi connectivity index (χ0n) is 15.9. The minimum atomic E-state index is -1.11. The quantitative estimate of drug-likeness (QED) is 0.461. The molecule has 0 saturated carbocycles. The van der Waals surface area contributed by atoms with Crippen LogP contribution in [0.2, 0.25) is 0 Å². The normalized spacial score (nSPS) is 10.1. The number of hydrogen-bond donors (Lipinski definition) is 2. The van der Waals surface area contributed by atoms with Crippen LogP contribution in [-0.4, -0.2) is 22.2 Å². The lowest BCUT2D eigenvalue weighted by Crippen LogP contribution is -2.06. The average molecular weight is 384 g/mol. The van der Waals surface area contributed by atoms with Crippen LogP contribution in [0.5, 0.6) is 0 Å². The van der Waals surface area contributed by atoms with Crippen LogP contribution in [0.3, 0.4) is 0 Å². The highest BCUT2D eigenvalue weighted by atomic mass is 16.4. The van der Waals surface area contributed by atoms with Crippen molar-refractivity contribution in [3.05, 3.63) is 108 Å². The van der Waals surface area contributed by atoms with Gasteiger partial charge in [-0.25, -0.2) is 9.59 Å². The van der Waals surface area contributed by atoms with Crippen molar-refractivity contribution >= 4 is 22.7 Å². The Morgan fingerprint density at radius 1 is 0.621 bits per heavy atom. The Morgan fingerprint density at radius 2 is 1.14 bits per heavy atom. The molecule has 0 unspecified atom stereocenters. The van der Waals surface area contributed by atoms with Crippen LogP contribution in [0.1, 0.15) is 26.3 Å². The number of carboxylic acids is 2. The van der Waals surface area contributed by atoms with Gasteiger partial charge in [0.25, 0.3) is 0 Å². The standard InChI is InChI=1S/C16H12.C9H8O4/c1-2-7-13(8-3-1)16-12-6-10-14-9-4-5-11-15(14)16;1-5-6(8(10)11)3-2-4-7(5)9(12)13/h1-12H;2-4H,1H3,(H,10,11)(H,12,13). The molecule has 0 aliphatic carbocycles. The van der Waals surface area contributed by atoms with Crippen LogP contribution < -0.4 is 0 Å². The molecule has 4 nitrogen and oxygen atoms in total. The molecule has 0 spiro atoms. The van der Waals surface area contributed by atoms with Gasteiger partial charge in [-0.3, -0.25) is 0 Å². The third-order valence-electron chi connectivity index (χ3n) is 4.67. The molecule has 144 valence electrons. The lowest BCUT2D eigenvalue weighted by Gasteiger charge is -2.06. The van der Waals surface area contributed by atoms with Gasteiger partial charge in [0.2, 0.25) is 0 Å². The molecule has 0 aliphatic rings. The molecule has 0 heterocycles. The molecule has 0 aliphatic heterocycles. The molecule has 0 saturated heterocycles. The minimum Gasteiger partial charge on any atom is -0.478 e. The molecule has 0 atom stereocenters. The maximum Gasteiger partial charge on any atom is 0.335 e. The van der Waals surface area contributed by atoms with E-state index in [1.54, 1.807) is 0 Å². The number of hydrogen-bond acceptors (Lipinski definition) is 2. The van der Waals surface area contributed by atoms with Crippen LogP contribution in [0.4, 0.5) is 0 Å². The average Bonchev–Trinajstić information content (AvgIpc) is 2.74. The fourth-order valence-electron chi connectivity index (χ4n) is 3.19. The van der Waals surface area contributed by atoms with Gasteiger partial charge in [0.15, 0.2) is 0 Å². The third kappa shape index (κ3) is 4.50. The fourth-order valence-corrected chi connectivity index (χ4v) is 3.19. The van der Waals surface area contributed by atoms with Gasteiger partial charge in [-0.15, -0.1) is 0 Å². The Kier molecular flexibility index (Phi) is 6.05. The molecule has 0 fully saturated rings. The highest BCUT2D eigenvalue weighted by molar-refractivity contribution is 5.97. The van der Waals surface area contributed by atoms with Crippen molar-refractivity contribution in [1.29, 1.82) is 0 Å². The van der Waals surface area contributed by atoms with Gasteiger partial charge >= 0.3 is 11.9 Å². The van der Waals surface area contributed by atoms with Crippen molar-refractivity contribution in [2.75, 3.05) is 0 Å². The number of benzene rings is 4. The largest absolute Gasteiger partial charge is 0.478 e. The predicted molar refractivity (Wildman–Crippen MR) is 114 cm³/mol. The maximum absolute atomic E-state index is 10.6. The number of carboxylic acid groups (broad SMARTS) is 2. The van der Waals surface area contributed by atoms with Gasteiger partial charge in [0, 0.05) is 0 Å². The summed E-state index contributed by atoms with van der Waals surface area (Å²) in [6, 6.07) is 29.6. The van der Waals surface area contributed by atoms with E-state index < -0.39 is 11.9 Å². The molecular formula is C25H20O4. The van der Waals surface area contributed by atoms with E-state index in [-0.39, 0.29) is 16.7 Å². The SMILES string of the molecule is Cc1c(C(=O)O)cccc1C(=O)O.c1ccc(-c2cccc3ccccc23)cc1. The van der Waals surface area contributed by atoms with Crippen molar-refractivity contribution < 1.29 is 19.8 Å². The van der Waals surface area contributed by atoms with E-state index in [0.29, 0.717) is 0 Å². The second kappa shape index (κ2) is 8.85. The Labute approximate surface area is 168 Å². The van der Waals surface area contributed by atoms with Gasteiger partial charge < -0.3 is 10.2 Å². The van der Waals surface area contributed by atoms with Crippen LogP contribution in [-0.2, 0) is 0 Å². The lowest BCUT2D eigenvalue weighted by atomic mass is 9.98.